The van der Waals surface area contributed by atoms with Gasteiger partial charge in [0.15, 0.2) is 5.96 Å². The molecule has 0 aliphatic carbocycles. The van der Waals surface area contributed by atoms with Gasteiger partial charge in [-0.1, -0.05) is 32.8 Å². The Morgan fingerprint density at radius 3 is 2.68 bits per heavy atom. The van der Waals surface area contributed by atoms with E-state index in [2.05, 4.69) is 34.5 Å². The van der Waals surface area contributed by atoms with E-state index in [4.69, 9.17) is 4.74 Å². The largest absolute Gasteiger partial charge is 0.481 e. The Balaban J connectivity index is 0.00000441. The molecule has 0 atom stereocenters. The zero-order chi connectivity index (χ0) is 15.5. The third-order valence-corrected chi connectivity index (χ3v) is 3.15. The van der Waals surface area contributed by atoms with Gasteiger partial charge in [0.25, 0.3) is 0 Å². The molecule has 126 valence electrons. The van der Waals surface area contributed by atoms with E-state index in [0.29, 0.717) is 12.4 Å². The highest BCUT2D eigenvalue weighted by molar-refractivity contribution is 14.0. The first kappa shape index (κ1) is 20.9. The number of aliphatic imine (C=N–C) groups is 1. The summed E-state index contributed by atoms with van der Waals surface area (Å²) in [5.74, 6) is 2.22. The van der Waals surface area contributed by atoms with Crippen LogP contribution in [0.15, 0.2) is 23.2 Å². The Bertz CT molecular complexity index is 438. The first-order valence-electron chi connectivity index (χ1n) is 7.60. The van der Waals surface area contributed by atoms with Crippen molar-refractivity contribution in [3.63, 3.8) is 0 Å². The van der Waals surface area contributed by atoms with Crippen LogP contribution in [0.4, 0.5) is 0 Å². The van der Waals surface area contributed by atoms with E-state index < -0.39 is 0 Å². The van der Waals surface area contributed by atoms with Crippen LogP contribution in [0.3, 0.4) is 0 Å². The van der Waals surface area contributed by atoms with Crippen molar-refractivity contribution in [1.29, 1.82) is 0 Å². The number of hydrogen-bond donors (Lipinski definition) is 2. The van der Waals surface area contributed by atoms with Crippen LogP contribution in [-0.2, 0) is 6.54 Å². The summed E-state index contributed by atoms with van der Waals surface area (Å²) in [6.45, 7) is 6.09. The molecule has 0 aliphatic rings. The third-order valence-electron chi connectivity index (χ3n) is 3.15. The highest BCUT2D eigenvalue weighted by Gasteiger charge is 2.01. The quantitative estimate of drug-likeness (QED) is 0.294. The minimum absolute atomic E-state index is 0. The van der Waals surface area contributed by atoms with Crippen molar-refractivity contribution in [1.82, 2.24) is 15.6 Å². The maximum absolute atomic E-state index is 5.11. The second-order valence-electron chi connectivity index (χ2n) is 5.41. The van der Waals surface area contributed by atoms with Gasteiger partial charge in [0.1, 0.15) is 0 Å². The van der Waals surface area contributed by atoms with Crippen LogP contribution in [-0.4, -0.2) is 31.6 Å². The molecule has 0 amide bonds. The number of halogens is 1. The molecular weight excluding hydrogens is 391 g/mol. The predicted molar refractivity (Wildman–Crippen MR) is 103 cm³/mol. The molecule has 22 heavy (non-hydrogen) atoms. The summed E-state index contributed by atoms with van der Waals surface area (Å²) in [6.07, 6.45) is 3.69. The minimum atomic E-state index is 0. The van der Waals surface area contributed by atoms with Gasteiger partial charge in [-0.25, -0.2) is 4.98 Å². The molecule has 0 spiro atoms. The number of methoxy groups -OCH3 is 1. The molecule has 0 unspecified atom stereocenters. The fourth-order valence-corrected chi connectivity index (χ4v) is 1.95. The highest BCUT2D eigenvalue weighted by atomic mass is 127. The predicted octanol–water partition coefficient (Wildman–Crippen LogP) is 3.20. The number of nitrogens with one attached hydrogen (secondary N) is 2. The van der Waals surface area contributed by atoms with Crippen molar-refractivity contribution >= 4 is 29.9 Å². The standard InChI is InChI=1S/C16H28N4O.HI/c1-13(2)8-5-6-11-18-16(17-3)19-12-14-9-7-10-15(20-14)21-4;/h7,9-10,13H,5-6,8,11-12H2,1-4H3,(H2,17,18,19);1H. The van der Waals surface area contributed by atoms with Crippen molar-refractivity contribution < 1.29 is 4.74 Å². The van der Waals surface area contributed by atoms with Gasteiger partial charge in [-0.2, -0.15) is 0 Å². The number of unbranched alkanes of at least 4 members (excludes halogenated alkanes) is 1. The summed E-state index contributed by atoms with van der Waals surface area (Å²) < 4.78 is 5.11. The van der Waals surface area contributed by atoms with Gasteiger partial charge in [0.2, 0.25) is 5.88 Å². The van der Waals surface area contributed by atoms with Gasteiger partial charge in [0, 0.05) is 19.7 Å². The van der Waals surface area contributed by atoms with Gasteiger partial charge in [-0.05, 0) is 18.4 Å². The fraction of sp³-hybridized carbons (Fsp3) is 0.625. The molecule has 1 aromatic rings. The van der Waals surface area contributed by atoms with Crippen LogP contribution in [0.5, 0.6) is 5.88 Å². The van der Waals surface area contributed by atoms with E-state index in [1.54, 1.807) is 14.2 Å². The summed E-state index contributed by atoms with van der Waals surface area (Å²) in [5, 5.41) is 6.58. The number of ether oxygens (including phenoxy) is 1. The van der Waals surface area contributed by atoms with Crippen LogP contribution in [0.2, 0.25) is 0 Å². The summed E-state index contributed by atoms with van der Waals surface area (Å²) in [7, 11) is 3.40. The lowest BCUT2D eigenvalue weighted by Crippen LogP contribution is -2.37. The fourth-order valence-electron chi connectivity index (χ4n) is 1.95. The molecule has 5 nitrogen and oxygen atoms in total. The lowest BCUT2D eigenvalue weighted by Gasteiger charge is -2.12. The number of aromatic nitrogens is 1. The van der Waals surface area contributed by atoms with Crippen LogP contribution < -0.4 is 15.4 Å². The molecule has 0 aliphatic heterocycles. The molecule has 6 heteroatoms. The molecule has 0 saturated heterocycles. The van der Waals surface area contributed by atoms with E-state index in [9.17, 15) is 0 Å². The topological polar surface area (TPSA) is 58.5 Å². The zero-order valence-corrected chi connectivity index (χ0v) is 16.4. The number of rotatable bonds is 8. The number of hydrogen-bond acceptors (Lipinski definition) is 3. The number of nitrogens with zero attached hydrogens (tertiary/aromatic N) is 2. The van der Waals surface area contributed by atoms with Gasteiger partial charge in [-0.3, -0.25) is 4.99 Å². The van der Waals surface area contributed by atoms with E-state index in [1.165, 1.54) is 12.8 Å². The van der Waals surface area contributed by atoms with Crippen LogP contribution in [0.25, 0.3) is 0 Å². The molecule has 0 aromatic carbocycles. The molecule has 1 heterocycles. The van der Waals surface area contributed by atoms with E-state index >= 15 is 0 Å². The molecular formula is C16H29IN4O. The monoisotopic (exact) mass is 420 g/mol. The Labute approximate surface area is 151 Å². The average molecular weight is 420 g/mol. The van der Waals surface area contributed by atoms with Gasteiger partial charge >= 0.3 is 0 Å². The SMILES string of the molecule is CN=C(NCCCCC(C)C)NCc1cccc(OC)n1.I. The second kappa shape index (κ2) is 12.5. The van der Waals surface area contributed by atoms with Crippen molar-refractivity contribution in [3.05, 3.63) is 23.9 Å². The van der Waals surface area contributed by atoms with E-state index in [1.807, 2.05) is 18.2 Å². The van der Waals surface area contributed by atoms with Crippen molar-refractivity contribution in [3.8, 4) is 5.88 Å². The van der Waals surface area contributed by atoms with Crippen molar-refractivity contribution in [2.45, 2.75) is 39.7 Å². The van der Waals surface area contributed by atoms with Crippen LogP contribution >= 0.6 is 24.0 Å². The van der Waals surface area contributed by atoms with Crippen LogP contribution in [0.1, 0.15) is 38.8 Å². The Kier molecular flexibility index (Phi) is 11.9. The lowest BCUT2D eigenvalue weighted by molar-refractivity contribution is 0.396. The Hall–Kier alpha value is -1.05. The van der Waals surface area contributed by atoms with E-state index in [0.717, 1.165) is 30.5 Å². The molecule has 0 radical (unpaired) electrons. The minimum Gasteiger partial charge on any atom is -0.481 e. The molecule has 2 N–H and O–H groups in total. The Morgan fingerprint density at radius 1 is 1.27 bits per heavy atom. The molecule has 0 saturated carbocycles. The molecule has 0 fully saturated rings. The Morgan fingerprint density at radius 2 is 2.05 bits per heavy atom. The maximum atomic E-state index is 5.11. The molecule has 0 bridgehead atoms. The maximum Gasteiger partial charge on any atom is 0.213 e. The van der Waals surface area contributed by atoms with Crippen molar-refractivity contribution in [2.75, 3.05) is 20.7 Å². The van der Waals surface area contributed by atoms with Crippen LogP contribution in [0, 0.1) is 5.92 Å². The summed E-state index contributed by atoms with van der Waals surface area (Å²) in [6, 6.07) is 5.74. The van der Waals surface area contributed by atoms with E-state index in [-0.39, 0.29) is 24.0 Å². The zero-order valence-electron chi connectivity index (χ0n) is 14.1. The lowest BCUT2D eigenvalue weighted by atomic mass is 10.1. The average Bonchev–Trinajstić information content (AvgIpc) is 2.50. The first-order valence-corrected chi connectivity index (χ1v) is 7.60. The normalized spacial score (nSPS) is 11.0. The summed E-state index contributed by atoms with van der Waals surface area (Å²) >= 11 is 0. The van der Waals surface area contributed by atoms with Gasteiger partial charge in [-0.15, -0.1) is 24.0 Å². The first-order chi connectivity index (χ1) is 10.2. The van der Waals surface area contributed by atoms with Gasteiger partial charge < -0.3 is 15.4 Å². The number of guanidine groups is 1. The summed E-state index contributed by atoms with van der Waals surface area (Å²) in [4.78, 5) is 8.57. The van der Waals surface area contributed by atoms with Crippen molar-refractivity contribution in [2.24, 2.45) is 10.9 Å². The highest BCUT2D eigenvalue weighted by Crippen LogP contribution is 2.06. The van der Waals surface area contributed by atoms with Gasteiger partial charge in [0.05, 0.1) is 19.3 Å². The third kappa shape index (κ3) is 9.07. The molecule has 1 aromatic heterocycles. The summed E-state index contributed by atoms with van der Waals surface area (Å²) in [5.41, 5.74) is 0.928. The molecule has 1 rings (SSSR count). The second-order valence-corrected chi connectivity index (χ2v) is 5.41. The number of pyridine rings is 1. The smallest absolute Gasteiger partial charge is 0.213 e.